The fourth-order valence-corrected chi connectivity index (χ4v) is 3.49. The molecule has 0 radical (unpaired) electrons. The van der Waals surface area contributed by atoms with Crippen LogP contribution in [-0.4, -0.2) is 42.2 Å². The lowest BCUT2D eigenvalue weighted by atomic mass is 10.2. The summed E-state index contributed by atoms with van der Waals surface area (Å²) in [5, 5.41) is 6.16. The molecule has 8 heteroatoms. The monoisotopic (exact) mass is 515 g/mol. The van der Waals surface area contributed by atoms with Crippen LogP contribution in [0.1, 0.15) is 16.1 Å². The summed E-state index contributed by atoms with van der Waals surface area (Å²) in [4.78, 5) is 23.7. The maximum absolute atomic E-state index is 12.4. The van der Waals surface area contributed by atoms with Gasteiger partial charge in [-0.15, -0.1) is 0 Å². The fraction of sp³-hybridized carbons (Fsp3) is 0.227. The number of amides is 1. The van der Waals surface area contributed by atoms with Crippen LogP contribution in [0.5, 0.6) is 0 Å². The van der Waals surface area contributed by atoms with Crippen molar-refractivity contribution in [3.8, 4) is 0 Å². The van der Waals surface area contributed by atoms with E-state index in [0.29, 0.717) is 24.7 Å². The summed E-state index contributed by atoms with van der Waals surface area (Å²) >= 11 is 2.22. The second kappa shape index (κ2) is 9.40. The maximum Gasteiger partial charge on any atom is 0.255 e. The molecule has 7 nitrogen and oxygen atoms in total. The number of rotatable bonds is 5. The molecule has 3 aromatic rings. The highest BCUT2D eigenvalue weighted by Crippen LogP contribution is 2.21. The van der Waals surface area contributed by atoms with E-state index in [1.54, 1.807) is 0 Å². The van der Waals surface area contributed by atoms with Crippen molar-refractivity contribution in [2.24, 2.45) is 0 Å². The van der Waals surface area contributed by atoms with Gasteiger partial charge in [0.05, 0.1) is 13.2 Å². The highest BCUT2D eigenvalue weighted by Gasteiger charge is 2.14. The zero-order chi connectivity index (χ0) is 20.9. The molecule has 0 unspecified atom stereocenters. The molecule has 1 saturated heterocycles. The first-order valence-corrected chi connectivity index (χ1v) is 10.8. The van der Waals surface area contributed by atoms with E-state index in [4.69, 9.17) is 4.74 Å². The summed E-state index contributed by atoms with van der Waals surface area (Å²) in [6, 6.07) is 16.9. The molecule has 1 fully saturated rings. The number of hydrogen-bond donors (Lipinski definition) is 2. The van der Waals surface area contributed by atoms with Crippen molar-refractivity contribution in [2.45, 2.75) is 6.92 Å². The van der Waals surface area contributed by atoms with Crippen LogP contribution >= 0.6 is 22.6 Å². The lowest BCUT2D eigenvalue weighted by Crippen LogP contribution is -2.36. The van der Waals surface area contributed by atoms with Crippen molar-refractivity contribution in [1.29, 1.82) is 0 Å². The Kier molecular flexibility index (Phi) is 6.44. The molecule has 154 valence electrons. The van der Waals surface area contributed by atoms with Gasteiger partial charge in [-0.1, -0.05) is 0 Å². The quantitative estimate of drug-likeness (QED) is 0.496. The first-order valence-electron chi connectivity index (χ1n) is 9.69. The minimum Gasteiger partial charge on any atom is -0.378 e. The lowest BCUT2D eigenvalue weighted by Gasteiger charge is -2.28. The smallest absolute Gasteiger partial charge is 0.255 e. The van der Waals surface area contributed by atoms with E-state index >= 15 is 0 Å². The Morgan fingerprint density at radius 1 is 1.00 bits per heavy atom. The topological polar surface area (TPSA) is 79.4 Å². The SMILES string of the molecule is Cc1cc(N2CCOCC2)nc(Nc2ccc(NC(=O)c3ccc(I)cc3)cc2)n1. The second-order valence-corrected chi connectivity index (χ2v) is 8.20. The van der Waals surface area contributed by atoms with Gasteiger partial charge in [-0.25, -0.2) is 4.98 Å². The third-order valence-electron chi connectivity index (χ3n) is 4.68. The number of ether oxygens (including phenoxy) is 1. The van der Waals surface area contributed by atoms with E-state index in [1.807, 2.05) is 61.5 Å². The Morgan fingerprint density at radius 3 is 2.37 bits per heavy atom. The third kappa shape index (κ3) is 5.25. The summed E-state index contributed by atoms with van der Waals surface area (Å²) < 4.78 is 6.51. The molecule has 1 aliphatic heterocycles. The number of nitrogens with one attached hydrogen (secondary N) is 2. The van der Waals surface area contributed by atoms with Crippen LogP contribution in [0, 0.1) is 10.5 Å². The van der Waals surface area contributed by atoms with E-state index in [9.17, 15) is 4.79 Å². The van der Waals surface area contributed by atoms with Crippen molar-refractivity contribution in [1.82, 2.24) is 9.97 Å². The van der Waals surface area contributed by atoms with Crippen LogP contribution in [0.25, 0.3) is 0 Å². The Balaban J connectivity index is 1.42. The lowest BCUT2D eigenvalue weighted by molar-refractivity contribution is 0.102. The zero-order valence-electron chi connectivity index (χ0n) is 16.6. The molecule has 0 aliphatic carbocycles. The largest absolute Gasteiger partial charge is 0.378 e. The van der Waals surface area contributed by atoms with Gasteiger partial charge in [0.2, 0.25) is 5.95 Å². The molecule has 0 saturated carbocycles. The van der Waals surface area contributed by atoms with Gasteiger partial charge in [-0.2, -0.15) is 4.98 Å². The number of carbonyl (C=O) groups excluding carboxylic acids is 1. The molecular formula is C22H22IN5O2. The van der Waals surface area contributed by atoms with E-state index in [0.717, 1.165) is 39.5 Å². The number of aromatic nitrogens is 2. The maximum atomic E-state index is 12.4. The van der Waals surface area contributed by atoms with Crippen LogP contribution in [-0.2, 0) is 4.74 Å². The summed E-state index contributed by atoms with van der Waals surface area (Å²) in [7, 11) is 0. The average molecular weight is 515 g/mol. The van der Waals surface area contributed by atoms with E-state index in [2.05, 4.69) is 48.1 Å². The zero-order valence-corrected chi connectivity index (χ0v) is 18.7. The van der Waals surface area contributed by atoms with Crippen LogP contribution < -0.4 is 15.5 Å². The number of anilines is 4. The third-order valence-corrected chi connectivity index (χ3v) is 5.40. The predicted molar refractivity (Wildman–Crippen MR) is 127 cm³/mol. The highest BCUT2D eigenvalue weighted by molar-refractivity contribution is 14.1. The first-order chi connectivity index (χ1) is 14.6. The van der Waals surface area contributed by atoms with Gasteiger partial charge >= 0.3 is 0 Å². The van der Waals surface area contributed by atoms with Gasteiger partial charge in [0.15, 0.2) is 0 Å². The van der Waals surface area contributed by atoms with Gasteiger partial charge in [0, 0.05) is 45.4 Å². The number of aryl methyl sites for hydroxylation is 1. The summed E-state index contributed by atoms with van der Waals surface area (Å²) in [5.41, 5.74) is 3.10. The first kappa shape index (κ1) is 20.5. The molecule has 1 amide bonds. The van der Waals surface area contributed by atoms with E-state index in [-0.39, 0.29) is 5.91 Å². The Morgan fingerprint density at radius 2 is 1.67 bits per heavy atom. The van der Waals surface area contributed by atoms with Crippen LogP contribution in [0.4, 0.5) is 23.1 Å². The Bertz CT molecular complexity index is 1020. The predicted octanol–water partition coefficient (Wildman–Crippen LogP) is 4.22. The number of nitrogens with zero attached hydrogens (tertiary/aromatic N) is 3. The van der Waals surface area contributed by atoms with Crippen LogP contribution in [0.2, 0.25) is 0 Å². The normalized spacial score (nSPS) is 13.7. The van der Waals surface area contributed by atoms with Gasteiger partial charge in [-0.3, -0.25) is 4.79 Å². The molecule has 0 atom stereocenters. The van der Waals surface area contributed by atoms with Crippen molar-refractivity contribution in [3.63, 3.8) is 0 Å². The van der Waals surface area contributed by atoms with Crippen molar-refractivity contribution in [2.75, 3.05) is 41.8 Å². The average Bonchev–Trinajstić information content (AvgIpc) is 2.76. The van der Waals surface area contributed by atoms with Gasteiger partial charge < -0.3 is 20.3 Å². The van der Waals surface area contributed by atoms with Gasteiger partial charge in [0.1, 0.15) is 5.82 Å². The molecule has 1 aromatic heterocycles. The Labute approximate surface area is 189 Å². The van der Waals surface area contributed by atoms with E-state index < -0.39 is 0 Å². The minimum absolute atomic E-state index is 0.135. The molecule has 0 spiro atoms. The molecule has 2 heterocycles. The summed E-state index contributed by atoms with van der Waals surface area (Å²) in [5.74, 6) is 1.31. The minimum atomic E-state index is -0.135. The van der Waals surface area contributed by atoms with Crippen molar-refractivity contribution in [3.05, 3.63) is 69.4 Å². The van der Waals surface area contributed by atoms with Crippen LogP contribution in [0.3, 0.4) is 0 Å². The standard InChI is InChI=1S/C22H22IN5O2/c1-15-14-20(28-10-12-30-13-11-28)27-22(24-15)26-19-8-6-18(7-9-19)25-21(29)16-2-4-17(23)5-3-16/h2-9,14H,10-13H2,1H3,(H,25,29)(H,24,26,27). The number of hydrogen-bond acceptors (Lipinski definition) is 6. The number of benzene rings is 2. The number of halogens is 1. The molecule has 2 aromatic carbocycles. The van der Waals surface area contributed by atoms with Gasteiger partial charge in [0.25, 0.3) is 5.91 Å². The summed E-state index contributed by atoms with van der Waals surface area (Å²) in [6.45, 7) is 5.03. The molecule has 0 bridgehead atoms. The van der Waals surface area contributed by atoms with Crippen molar-refractivity contribution < 1.29 is 9.53 Å². The molecule has 2 N–H and O–H groups in total. The molecule has 30 heavy (non-hydrogen) atoms. The van der Waals surface area contributed by atoms with Crippen LogP contribution in [0.15, 0.2) is 54.6 Å². The number of carbonyl (C=O) groups is 1. The second-order valence-electron chi connectivity index (χ2n) is 6.95. The highest BCUT2D eigenvalue weighted by atomic mass is 127. The molecule has 1 aliphatic rings. The molecular weight excluding hydrogens is 493 g/mol. The summed E-state index contributed by atoms with van der Waals surface area (Å²) in [6.07, 6.45) is 0. The van der Waals surface area contributed by atoms with Gasteiger partial charge in [-0.05, 0) is 78.0 Å². The number of morpholine rings is 1. The Hall–Kier alpha value is -2.72. The fourth-order valence-electron chi connectivity index (χ4n) is 3.13. The van der Waals surface area contributed by atoms with Crippen molar-refractivity contribution >= 4 is 51.6 Å². The van der Waals surface area contributed by atoms with E-state index in [1.165, 1.54) is 0 Å². The molecule has 4 rings (SSSR count).